The molecule has 1 aromatic carbocycles. The number of piperidine rings is 1. The quantitative estimate of drug-likeness (QED) is 0.535. The number of benzene rings is 1. The number of hydrogen-bond donors (Lipinski definition) is 2. The zero-order valence-corrected chi connectivity index (χ0v) is 21.7. The maximum Gasteiger partial charge on any atom is 0.273 e. The van der Waals surface area contributed by atoms with E-state index in [4.69, 9.17) is 23.2 Å². The maximum absolute atomic E-state index is 13.2. The lowest BCUT2D eigenvalue weighted by molar-refractivity contribution is 0.0944. The van der Waals surface area contributed by atoms with Gasteiger partial charge in [-0.15, -0.1) is 0 Å². The van der Waals surface area contributed by atoms with Gasteiger partial charge in [0, 0.05) is 32.4 Å². The molecule has 9 nitrogen and oxygen atoms in total. The van der Waals surface area contributed by atoms with E-state index in [0.717, 1.165) is 19.3 Å². The number of halogens is 2. The van der Waals surface area contributed by atoms with E-state index in [-0.39, 0.29) is 37.8 Å². The van der Waals surface area contributed by atoms with Crippen LogP contribution in [-0.2, 0) is 16.6 Å². The van der Waals surface area contributed by atoms with Gasteiger partial charge in [-0.3, -0.25) is 14.3 Å². The summed E-state index contributed by atoms with van der Waals surface area (Å²) >= 11 is 12.5. The van der Waals surface area contributed by atoms with Gasteiger partial charge >= 0.3 is 0 Å². The third-order valence-corrected chi connectivity index (χ3v) is 8.09. The van der Waals surface area contributed by atoms with Crippen molar-refractivity contribution in [1.82, 2.24) is 19.4 Å². The lowest BCUT2D eigenvalue weighted by Crippen LogP contribution is -2.35. The number of carbonyl (C=O) groups is 2. The van der Waals surface area contributed by atoms with E-state index in [1.165, 1.54) is 27.3 Å². The highest BCUT2D eigenvalue weighted by molar-refractivity contribution is 7.89. The maximum atomic E-state index is 13.2. The minimum Gasteiger partial charge on any atom is -0.350 e. The lowest BCUT2D eigenvalue weighted by atomic mass is 10.2. The van der Waals surface area contributed by atoms with Gasteiger partial charge < -0.3 is 10.6 Å². The van der Waals surface area contributed by atoms with Crippen LogP contribution in [-0.4, -0.2) is 54.0 Å². The number of aryl methyl sites for hydroxylation is 1. The molecule has 0 aliphatic carbocycles. The Balaban J connectivity index is 1.92. The fourth-order valence-electron chi connectivity index (χ4n) is 3.56. The summed E-state index contributed by atoms with van der Waals surface area (Å²) in [4.78, 5) is 25.6. The average molecular weight is 530 g/mol. The molecule has 0 unspecified atom stereocenters. The average Bonchev–Trinajstić information content (AvgIpc) is 3.20. The van der Waals surface area contributed by atoms with Crippen LogP contribution in [0.25, 0.3) is 0 Å². The van der Waals surface area contributed by atoms with E-state index in [1.54, 1.807) is 0 Å². The van der Waals surface area contributed by atoms with Gasteiger partial charge in [0.15, 0.2) is 5.69 Å². The zero-order valence-electron chi connectivity index (χ0n) is 19.4. The van der Waals surface area contributed by atoms with Crippen LogP contribution in [0.15, 0.2) is 23.2 Å². The fraction of sp³-hybridized carbons (Fsp3) is 0.500. The molecule has 3 rings (SSSR count). The summed E-state index contributed by atoms with van der Waals surface area (Å²) in [6.07, 6.45) is 4.03. The SMILES string of the molecule is CCn1cc(NC(=O)c2cc(S(=O)(=O)N3CCCCC3)c(Cl)cc2Cl)c(C(=O)NCC(C)C)n1. The van der Waals surface area contributed by atoms with Gasteiger partial charge in [-0.1, -0.05) is 43.5 Å². The van der Waals surface area contributed by atoms with Crippen LogP contribution in [0.4, 0.5) is 5.69 Å². The Hall–Kier alpha value is -2.14. The summed E-state index contributed by atoms with van der Waals surface area (Å²) < 4.78 is 29.2. The molecule has 0 radical (unpaired) electrons. The van der Waals surface area contributed by atoms with E-state index >= 15 is 0 Å². The minimum atomic E-state index is -3.89. The van der Waals surface area contributed by atoms with Gasteiger partial charge in [-0.05, 0) is 37.8 Å². The van der Waals surface area contributed by atoms with E-state index < -0.39 is 21.8 Å². The van der Waals surface area contributed by atoms with Crippen LogP contribution >= 0.6 is 23.2 Å². The molecule has 1 saturated heterocycles. The number of rotatable bonds is 8. The number of nitrogens with one attached hydrogen (secondary N) is 2. The molecule has 1 fully saturated rings. The summed E-state index contributed by atoms with van der Waals surface area (Å²) in [5.41, 5.74) is 0.182. The highest BCUT2D eigenvalue weighted by Crippen LogP contribution is 2.32. The second kappa shape index (κ2) is 11.1. The minimum absolute atomic E-state index is 0.00575. The second-order valence-corrected chi connectivity index (χ2v) is 11.3. The van der Waals surface area contributed by atoms with Crippen LogP contribution < -0.4 is 10.6 Å². The molecule has 12 heteroatoms. The van der Waals surface area contributed by atoms with Crippen molar-refractivity contribution < 1.29 is 18.0 Å². The number of nitrogens with zero attached hydrogens (tertiary/aromatic N) is 3. The van der Waals surface area contributed by atoms with E-state index in [0.29, 0.717) is 26.2 Å². The Morgan fingerprint density at radius 1 is 1.09 bits per heavy atom. The molecule has 34 heavy (non-hydrogen) atoms. The number of hydrogen-bond acceptors (Lipinski definition) is 5. The van der Waals surface area contributed by atoms with Crippen LogP contribution in [0.2, 0.25) is 10.0 Å². The van der Waals surface area contributed by atoms with Gasteiger partial charge in [0.1, 0.15) is 4.90 Å². The summed E-state index contributed by atoms with van der Waals surface area (Å²) in [7, 11) is -3.89. The van der Waals surface area contributed by atoms with Crippen molar-refractivity contribution in [3.63, 3.8) is 0 Å². The normalized spacial score (nSPS) is 14.9. The first-order valence-corrected chi connectivity index (χ1v) is 13.4. The third kappa shape index (κ3) is 5.91. The Bertz CT molecular complexity index is 1170. The number of anilines is 1. The summed E-state index contributed by atoms with van der Waals surface area (Å²) in [5.74, 6) is -0.861. The first kappa shape index (κ1) is 26.5. The monoisotopic (exact) mass is 529 g/mol. The molecule has 0 saturated carbocycles. The molecular weight excluding hydrogens is 501 g/mol. The lowest BCUT2D eigenvalue weighted by Gasteiger charge is -2.26. The highest BCUT2D eigenvalue weighted by Gasteiger charge is 2.30. The van der Waals surface area contributed by atoms with Gasteiger partial charge in [-0.2, -0.15) is 9.40 Å². The summed E-state index contributed by atoms with van der Waals surface area (Å²) in [6, 6.07) is 2.44. The van der Waals surface area contributed by atoms with Crippen molar-refractivity contribution in [3.8, 4) is 0 Å². The third-order valence-electron chi connectivity index (χ3n) is 5.42. The molecule has 2 amide bonds. The van der Waals surface area contributed by atoms with E-state index in [9.17, 15) is 18.0 Å². The number of aromatic nitrogens is 2. The largest absolute Gasteiger partial charge is 0.350 e. The predicted molar refractivity (Wildman–Crippen MR) is 132 cm³/mol. The molecule has 2 heterocycles. The zero-order chi connectivity index (χ0) is 25.0. The molecule has 2 aromatic rings. The van der Waals surface area contributed by atoms with Crippen LogP contribution in [0.1, 0.15) is 60.9 Å². The predicted octanol–water partition coefficient (Wildman–Crippen LogP) is 4.02. The Morgan fingerprint density at radius 3 is 2.38 bits per heavy atom. The molecule has 2 N–H and O–H groups in total. The molecule has 0 atom stereocenters. The molecule has 1 aromatic heterocycles. The second-order valence-electron chi connectivity index (χ2n) is 8.53. The topological polar surface area (TPSA) is 113 Å². The molecular formula is C22H29Cl2N5O4S. The standard InChI is InChI=1S/C22H29Cl2N5O4S/c1-4-28-13-18(20(27-28)22(31)25-12-14(2)3)26-21(30)15-10-19(17(24)11-16(15)23)34(32,33)29-8-6-5-7-9-29/h10-11,13-14H,4-9,12H2,1-3H3,(H,25,31)(H,26,30). The number of carbonyl (C=O) groups excluding carboxylic acids is 2. The number of amides is 2. The first-order chi connectivity index (χ1) is 16.0. The van der Waals surface area contributed by atoms with Gasteiger partial charge in [0.25, 0.3) is 11.8 Å². The van der Waals surface area contributed by atoms with Crippen molar-refractivity contribution in [1.29, 1.82) is 0 Å². The Labute approximate surface area is 209 Å². The van der Waals surface area contributed by atoms with Crippen molar-refractivity contribution >= 4 is 50.7 Å². The van der Waals surface area contributed by atoms with Crippen molar-refractivity contribution in [3.05, 3.63) is 39.6 Å². The first-order valence-electron chi connectivity index (χ1n) is 11.2. The van der Waals surface area contributed by atoms with Gasteiger partial charge in [0.05, 0.1) is 21.3 Å². The molecule has 0 spiro atoms. The molecule has 0 bridgehead atoms. The molecule has 1 aliphatic rings. The van der Waals surface area contributed by atoms with Crippen LogP contribution in [0.3, 0.4) is 0 Å². The van der Waals surface area contributed by atoms with Crippen molar-refractivity contribution in [2.45, 2.75) is 51.5 Å². The summed E-state index contributed by atoms with van der Waals surface area (Å²) in [6.45, 7) is 7.51. The van der Waals surface area contributed by atoms with Crippen LogP contribution in [0, 0.1) is 5.92 Å². The Morgan fingerprint density at radius 2 is 1.76 bits per heavy atom. The Kier molecular flexibility index (Phi) is 8.62. The van der Waals surface area contributed by atoms with Gasteiger partial charge in [-0.25, -0.2) is 8.42 Å². The van der Waals surface area contributed by atoms with Crippen molar-refractivity contribution in [2.75, 3.05) is 25.0 Å². The fourth-order valence-corrected chi connectivity index (χ4v) is 5.91. The van der Waals surface area contributed by atoms with E-state index in [2.05, 4.69) is 15.7 Å². The number of sulfonamides is 1. The molecule has 186 valence electrons. The van der Waals surface area contributed by atoms with Crippen molar-refractivity contribution in [2.24, 2.45) is 5.92 Å². The van der Waals surface area contributed by atoms with Gasteiger partial charge in [0.2, 0.25) is 10.0 Å². The van der Waals surface area contributed by atoms with E-state index in [1.807, 2.05) is 20.8 Å². The summed E-state index contributed by atoms with van der Waals surface area (Å²) in [5, 5.41) is 9.61. The van der Waals surface area contributed by atoms with Crippen LogP contribution in [0.5, 0.6) is 0 Å². The smallest absolute Gasteiger partial charge is 0.273 e. The highest BCUT2D eigenvalue weighted by atomic mass is 35.5. The molecule has 1 aliphatic heterocycles.